The highest BCUT2D eigenvalue weighted by Crippen LogP contribution is 2.25. The molecule has 0 saturated heterocycles. The Morgan fingerprint density at radius 3 is 2.39 bits per heavy atom. The fraction of sp³-hybridized carbons (Fsp3) is 0. The standard InChI is InChI=1S/C7H7BrN6O2S2/c8-5-3-12-7(17-5)14-18(15,16)4-1-10-6(13-9)11-2-4/h1-3H,9H2,(H,12,14)(H,10,11,13). The fourth-order valence-electron chi connectivity index (χ4n) is 1.00. The van der Waals surface area contributed by atoms with Gasteiger partial charge in [0.2, 0.25) is 5.95 Å². The Morgan fingerprint density at radius 1 is 1.22 bits per heavy atom. The first-order valence-corrected chi connectivity index (χ1v) is 7.53. The van der Waals surface area contributed by atoms with Crippen LogP contribution in [0.15, 0.2) is 27.3 Å². The van der Waals surface area contributed by atoms with Crippen molar-refractivity contribution in [2.45, 2.75) is 4.90 Å². The molecule has 4 N–H and O–H groups in total. The maximum Gasteiger partial charge on any atom is 0.266 e. The Labute approximate surface area is 115 Å². The monoisotopic (exact) mass is 350 g/mol. The van der Waals surface area contributed by atoms with E-state index in [1.54, 1.807) is 0 Å². The fourth-order valence-corrected chi connectivity index (χ4v) is 3.24. The summed E-state index contributed by atoms with van der Waals surface area (Å²) in [5.74, 6) is 5.21. The van der Waals surface area contributed by atoms with Crippen LogP contribution < -0.4 is 16.0 Å². The zero-order chi connectivity index (χ0) is 13.2. The molecule has 0 amide bonds. The lowest BCUT2D eigenvalue weighted by atomic mass is 10.7. The molecule has 8 nitrogen and oxygen atoms in total. The molecule has 2 rings (SSSR count). The minimum atomic E-state index is -3.74. The normalized spacial score (nSPS) is 11.2. The molecule has 0 bridgehead atoms. The molecule has 0 aliphatic rings. The lowest BCUT2D eigenvalue weighted by molar-refractivity contribution is 0.600. The second-order valence-electron chi connectivity index (χ2n) is 2.96. The molecule has 2 aromatic rings. The van der Waals surface area contributed by atoms with E-state index in [0.717, 1.165) is 27.5 Å². The number of nitrogens with two attached hydrogens (primary N) is 1. The number of sulfonamides is 1. The third-order valence-electron chi connectivity index (χ3n) is 1.77. The van der Waals surface area contributed by atoms with Crippen LogP contribution in [0.3, 0.4) is 0 Å². The topological polar surface area (TPSA) is 123 Å². The van der Waals surface area contributed by atoms with Crippen LogP contribution in [-0.4, -0.2) is 23.4 Å². The molecule has 96 valence electrons. The highest BCUT2D eigenvalue weighted by molar-refractivity contribution is 9.11. The van der Waals surface area contributed by atoms with Gasteiger partial charge < -0.3 is 0 Å². The minimum Gasteiger partial charge on any atom is -0.292 e. The molecule has 18 heavy (non-hydrogen) atoms. The molecule has 11 heteroatoms. The highest BCUT2D eigenvalue weighted by atomic mass is 79.9. The van der Waals surface area contributed by atoms with Gasteiger partial charge in [-0.3, -0.25) is 10.1 Å². The van der Waals surface area contributed by atoms with Gasteiger partial charge in [0.15, 0.2) is 5.13 Å². The maximum atomic E-state index is 11.9. The molecular formula is C7H7BrN6O2S2. The van der Waals surface area contributed by atoms with E-state index in [4.69, 9.17) is 5.84 Å². The van der Waals surface area contributed by atoms with Gasteiger partial charge in [0.25, 0.3) is 10.0 Å². The largest absolute Gasteiger partial charge is 0.292 e. The van der Waals surface area contributed by atoms with Gasteiger partial charge in [-0.05, 0) is 15.9 Å². The average molecular weight is 351 g/mol. The molecule has 2 heterocycles. The Morgan fingerprint density at radius 2 is 1.89 bits per heavy atom. The number of aromatic nitrogens is 3. The van der Waals surface area contributed by atoms with E-state index < -0.39 is 10.0 Å². The molecule has 0 saturated carbocycles. The number of nitrogen functional groups attached to an aromatic ring is 1. The van der Waals surface area contributed by atoms with E-state index in [0.29, 0.717) is 0 Å². The quantitative estimate of drug-likeness (QED) is 0.549. The number of hydrazine groups is 1. The van der Waals surface area contributed by atoms with Crippen LogP contribution in [0.2, 0.25) is 0 Å². The lowest BCUT2D eigenvalue weighted by Gasteiger charge is -2.04. The van der Waals surface area contributed by atoms with E-state index in [-0.39, 0.29) is 16.0 Å². The Balaban J connectivity index is 2.24. The highest BCUT2D eigenvalue weighted by Gasteiger charge is 2.17. The number of nitrogens with zero attached hydrogens (tertiary/aromatic N) is 3. The van der Waals surface area contributed by atoms with Crippen molar-refractivity contribution in [1.29, 1.82) is 0 Å². The Bertz CT molecular complexity index is 640. The molecule has 0 radical (unpaired) electrons. The van der Waals surface area contributed by atoms with E-state index in [1.807, 2.05) is 0 Å². The van der Waals surface area contributed by atoms with Crippen LogP contribution in [0.4, 0.5) is 11.1 Å². The predicted molar refractivity (Wildman–Crippen MR) is 70.5 cm³/mol. The van der Waals surface area contributed by atoms with Gasteiger partial charge in [0, 0.05) is 0 Å². The zero-order valence-corrected chi connectivity index (χ0v) is 11.9. The summed E-state index contributed by atoms with van der Waals surface area (Å²) in [6.45, 7) is 0. The first kappa shape index (κ1) is 13.1. The molecule has 0 spiro atoms. The minimum absolute atomic E-state index is 0.0761. The summed E-state index contributed by atoms with van der Waals surface area (Å²) in [5.41, 5.74) is 2.20. The number of hydrogen-bond donors (Lipinski definition) is 3. The first-order chi connectivity index (χ1) is 8.51. The van der Waals surface area contributed by atoms with Crippen LogP contribution in [-0.2, 0) is 10.0 Å². The summed E-state index contributed by atoms with van der Waals surface area (Å²) in [5, 5.41) is 0.253. The van der Waals surface area contributed by atoms with Gasteiger partial charge >= 0.3 is 0 Å². The number of anilines is 2. The van der Waals surface area contributed by atoms with Crippen molar-refractivity contribution in [1.82, 2.24) is 15.0 Å². The summed E-state index contributed by atoms with van der Waals surface area (Å²) in [6.07, 6.45) is 3.79. The van der Waals surface area contributed by atoms with Crippen LogP contribution in [0.25, 0.3) is 0 Å². The van der Waals surface area contributed by atoms with E-state index in [2.05, 4.69) is 41.0 Å². The number of nitrogens with one attached hydrogen (secondary N) is 2. The molecule has 0 aromatic carbocycles. The summed E-state index contributed by atoms with van der Waals surface area (Å²) >= 11 is 4.35. The molecular weight excluding hydrogens is 344 g/mol. The van der Waals surface area contributed by atoms with Crippen molar-refractivity contribution in [3.05, 3.63) is 22.4 Å². The van der Waals surface area contributed by atoms with Gasteiger partial charge in [-0.1, -0.05) is 11.3 Å². The molecule has 2 aromatic heterocycles. The van der Waals surface area contributed by atoms with Crippen molar-refractivity contribution >= 4 is 48.4 Å². The Kier molecular flexibility index (Phi) is 3.75. The van der Waals surface area contributed by atoms with Crippen LogP contribution >= 0.6 is 27.3 Å². The van der Waals surface area contributed by atoms with Gasteiger partial charge in [-0.2, -0.15) is 0 Å². The van der Waals surface area contributed by atoms with Crippen molar-refractivity contribution < 1.29 is 8.42 Å². The molecule has 0 aliphatic heterocycles. The third kappa shape index (κ3) is 2.93. The molecule has 0 aliphatic carbocycles. The number of rotatable bonds is 4. The van der Waals surface area contributed by atoms with Crippen LogP contribution in [0, 0.1) is 0 Å². The summed E-state index contributed by atoms with van der Waals surface area (Å²) in [7, 11) is -3.74. The smallest absolute Gasteiger partial charge is 0.266 e. The SMILES string of the molecule is NNc1ncc(S(=O)(=O)Nc2ncc(Br)s2)cn1. The number of hydrogen-bond acceptors (Lipinski definition) is 8. The van der Waals surface area contributed by atoms with Crippen molar-refractivity contribution in [2.24, 2.45) is 5.84 Å². The number of halogens is 1. The predicted octanol–water partition coefficient (Wildman–Crippen LogP) is 0.782. The van der Waals surface area contributed by atoms with E-state index in [9.17, 15) is 8.42 Å². The maximum absolute atomic E-state index is 11.9. The van der Waals surface area contributed by atoms with Crippen LogP contribution in [0.1, 0.15) is 0 Å². The summed E-state index contributed by atoms with van der Waals surface area (Å²) in [4.78, 5) is 11.2. The molecule has 0 unspecified atom stereocenters. The van der Waals surface area contributed by atoms with Gasteiger partial charge in [-0.15, -0.1) is 0 Å². The Hall–Kier alpha value is -1.30. The lowest BCUT2D eigenvalue weighted by Crippen LogP contribution is -2.15. The third-order valence-corrected chi connectivity index (χ3v) is 4.58. The van der Waals surface area contributed by atoms with Crippen molar-refractivity contribution in [2.75, 3.05) is 10.1 Å². The van der Waals surface area contributed by atoms with Crippen LogP contribution in [0.5, 0.6) is 0 Å². The van der Waals surface area contributed by atoms with E-state index >= 15 is 0 Å². The second kappa shape index (κ2) is 5.14. The summed E-state index contributed by atoms with van der Waals surface area (Å²) < 4.78 is 26.9. The van der Waals surface area contributed by atoms with Crippen molar-refractivity contribution in [3.63, 3.8) is 0 Å². The molecule has 0 fully saturated rings. The van der Waals surface area contributed by atoms with Gasteiger partial charge in [0.05, 0.1) is 22.4 Å². The van der Waals surface area contributed by atoms with Crippen molar-refractivity contribution in [3.8, 4) is 0 Å². The second-order valence-corrected chi connectivity index (χ2v) is 7.05. The van der Waals surface area contributed by atoms with Gasteiger partial charge in [0.1, 0.15) is 4.90 Å². The van der Waals surface area contributed by atoms with E-state index in [1.165, 1.54) is 6.20 Å². The van der Waals surface area contributed by atoms with Gasteiger partial charge in [-0.25, -0.2) is 29.2 Å². The number of thiazole rings is 1. The molecule has 0 atom stereocenters. The average Bonchev–Trinajstić information content (AvgIpc) is 2.74. The summed E-state index contributed by atoms with van der Waals surface area (Å²) in [6, 6.07) is 0. The first-order valence-electron chi connectivity index (χ1n) is 4.44. The zero-order valence-electron chi connectivity index (χ0n) is 8.66.